The summed E-state index contributed by atoms with van der Waals surface area (Å²) in [5.41, 5.74) is 0. The first-order valence-electron chi connectivity index (χ1n) is 17.3. The summed E-state index contributed by atoms with van der Waals surface area (Å²) in [6, 6.07) is -4.00. The van der Waals surface area contributed by atoms with Crippen molar-refractivity contribution in [2.24, 2.45) is 17.8 Å². The molecule has 0 aliphatic carbocycles. The van der Waals surface area contributed by atoms with Crippen molar-refractivity contribution in [1.29, 1.82) is 0 Å². The molecule has 3 amide bonds. The number of amides is 3. The van der Waals surface area contributed by atoms with Gasteiger partial charge in [0.05, 0.1) is 18.1 Å². The molecule has 1 heterocycles. The fourth-order valence-corrected chi connectivity index (χ4v) is 5.60. The summed E-state index contributed by atoms with van der Waals surface area (Å²) < 4.78 is 10.9. The predicted octanol–water partition coefficient (Wildman–Crippen LogP) is 3.30. The van der Waals surface area contributed by atoms with Crippen LogP contribution in [0.25, 0.3) is 0 Å². The van der Waals surface area contributed by atoms with Crippen LogP contribution in [0.1, 0.15) is 126 Å². The molecule has 0 aromatic rings. The van der Waals surface area contributed by atoms with E-state index in [1.165, 1.54) is 58.8 Å². The lowest BCUT2D eigenvalue weighted by molar-refractivity contribution is -0.162. The number of nitrogens with one attached hydrogen (secondary N) is 3. The first-order chi connectivity index (χ1) is 21.7. The zero-order chi connectivity index (χ0) is 34.8. The van der Waals surface area contributed by atoms with E-state index in [1.807, 2.05) is 0 Å². The lowest BCUT2D eigenvalue weighted by Crippen LogP contribution is -2.60. The van der Waals surface area contributed by atoms with Crippen molar-refractivity contribution in [1.82, 2.24) is 16.0 Å². The van der Waals surface area contributed by atoms with Gasteiger partial charge >= 0.3 is 11.9 Å². The Morgan fingerprint density at radius 1 is 0.804 bits per heavy atom. The largest absolute Gasteiger partial charge is 0.463 e. The molecule has 1 rings (SSSR count). The maximum Gasteiger partial charge on any atom is 0.332 e. The molecule has 0 bridgehead atoms. The van der Waals surface area contributed by atoms with Crippen molar-refractivity contribution in [2.75, 3.05) is 6.61 Å². The Kier molecular flexibility index (Phi) is 19.7. The SMILES string of the molecule is CCCCCCCCCCCCCC1OC(=O)[C@H](COC(C)=O)NC(=O)[C@H]([C@@H](C)O)NC(=O)[C@H](C(C)C)NC(=O)C(C)C(O)C1C. The molecule has 0 aromatic carbocycles. The highest BCUT2D eigenvalue weighted by Crippen LogP contribution is 2.25. The van der Waals surface area contributed by atoms with Gasteiger partial charge in [-0.1, -0.05) is 98.8 Å². The number of cyclic esters (lactones) is 1. The Balaban J connectivity index is 3.19. The molecule has 0 aromatic heterocycles. The van der Waals surface area contributed by atoms with Crippen molar-refractivity contribution in [3.05, 3.63) is 0 Å². The van der Waals surface area contributed by atoms with Gasteiger partial charge < -0.3 is 35.6 Å². The monoisotopic (exact) mass is 655 g/mol. The Morgan fingerprint density at radius 3 is 1.80 bits per heavy atom. The minimum atomic E-state index is -1.49. The summed E-state index contributed by atoms with van der Waals surface area (Å²) >= 11 is 0. The Hall–Kier alpha value is -2.73. The minimum absolute atomic E-state index is 0.394. The first kappa shape index (κ1) is 41.3. The Labute approximate surface area is 275 Å². The first-order valence-corrected chi connectivity index (χ1v) is 17.3. The van der Waals surface area contributed by atoms with Gasteiger partial charge in [0.15, 0.2) is 6.04 Å². The van der Waals surface area contributed by atoms with Crippen LogP contribution < -0.4 is 16.0 Å². The molecular formula is C34H61N3O9. The maximum absolute atomic E-state index is 13.5. The highest BCUT2D eigenvalue weighted by atomic mass is 16.6. The lowest BCUT2D eigenvalue weighted by Gasteiger charge is -2.32. The second kappa shape index (κ2) is 22.0. The van der Waals surface area contributed by atoms with Crippen LogP contribution in [0.4, 0.5) is 0 Å². The molecule has 5 N–H and O–H groups in total. The highest BCUT2D eigenvalue weighted by Gasteiger charge is 2.39. The van der Waals surface area contributed by atoms with Crippen LogP contribution in [-0.4, -0.2) is 82.9 Å². The van der Waals surface area contributed by atoms with E-state index in [0.29, 0.717) is 12.8 Å². The molecule has 46 heavy (non-hydrogen) atoms. The van der Waals surface area contributed by atoms with E-state index in [1.54, 1.807) is 20.8 Å². The molecule has 266 valence electrons. The van der Waals surface area contributed by atoms with Crippen molar-refractivity contribution in [3.63, 3.8) is 0 Å². The number of hydrogen-bond acceptors (Lipinski definition) is 9. The van der Waals surface area contributed by atoms with Crippen LogP contribution in [0.5, 0.6) is 0 Å². The second-order valence-electron chi connectivity index (χ2n) is 13.3. The van der Waals surface area contributed by atoms with Gasteiger partial charge in [-0.25, -0.2) is 4.79 Å². The number of hydrogen-bond donors (Lipinski definition) is 5. The molecular weight excluding hydrogens is 594 g/mol. The number of ether oxygens (including phenoxy) is 2. The third-order valence-corrected chi connectivity index (χ3v) is 8.77. The molecule has 12 nitrogen and oxygen atoms in total. The van der Waals surface area contributed by atoms with Crippen LogP contribution in [0.2, 0.25) is 0 Å². The third kappa shape index (κ3) is 14.8. The third-order valence-electron chi connectivity index (χ3n) is 8.77. The fourth-order valence-electron chi connectivity index (χ4n) is 5.60. The molecule has 1 saturated heterocycles. The zero-order valence-corrected chi connectivity index (χ0v) is 29.1. The van der Waals surface area contributed by atoms with Gasteiger partial charge in [-0.3, -0.25) is 19.2 Å². The van der Waals surface area contributed by atoms with E-state index in [0.717, 1.165) is 26.2 Å². The molecule has 0 saturated carbocycles. The molecule has 1 aliphatic heterocycles. The number of unbranched alkanes of at least 4 members (excludes halogenated alkanes) is 10. The average Bonchev–Trinajstić information content (AvgIpc) is 3.00. The van der Waals surface area contributed by atoms with Crippen LogP contribution >= 0.6 is 0 Å². The Morgan fingerprint density at radius 2 is 1.30 bits per heavy atom. The molecule has 0 radical (unpaired) electrons. The van der Waals surface area contributed by atoms with Gasteiger partial charge in [-0.2, -0.15) is 0 Å². The zero-order valence-electron chi connectivity index (χ0n) is 29.1. The number of rotatable bonds is 16. The van der Waals surface area contributed by atoms with E-state index in [4.69, 9.17) is 9.47 Å². The summed E-state index contributed by atoms with van der Waals surface area (Å²) in [5, 5.41) is 29.2. The van der Waals surface area contributed by atoms with Crippen molar-refractivity contribution in [2.45, 2.75) is 162 Å². The summed E-state index contributed by atoms with van der Waals surface area (Å²) in [4.78, 5) is 64.8. The highest BCUT2D eigenvalue weighted by molar-refractivity contribution is 5.94. The number of carbonyl (C=O) groups is 5. The van der Waals surface area contributed by atoms with Gasteiger partial charge in [-0.15, -0.1) is 0 Å². The van der Waals surface area contributed by atoms with Crippen LogP contribution in [-0.2, 0) is 33.4 Å². The van der Waals surface area contributed by atoms with E-state index >= 15 is 0 Å². The Bertz CT molecular complexity index is 958. The van der Waals surface area contributed by atoms with Crippen LogP contribution in [0.3, 0.4) is 0 Å². The topological polar surface area (TPSA) is 180 Å². The normalized spacial score (nSPS) is 27.5. The molecule has 8 atom stereocenters. The standard InChI is InChI=1S/C34H61N3O9/c1-8-9-10-11-12-13-14-15-16-17-18-19-27-22(4)30(40)23(5)31(41)36-28(21(2)3)32(42)37-29(24(6)38)33(43)35-26(34(44)46-27)20-45-25(7)39/h21-24,26-30,38,40H,8-20H2,1-7H3,(H,35,43)(H,36,41)(H,37,42)/t22?,23?,24-,26+,27?,28+,29+,30?/m1/s1. The molecule has 12 heteroatoms. The van der Waals surface area contributed by atoms with Crippen molar-refractivity contribution >= 4 is 29.7 Å². The fraction of sp³-hybridized carbons (Fsp3) is 0.853. The van der Waals surface area contributed by atoms with Gasteiger partial charge in [0.25, 0.3) is 0 Å². The minimum Gasteiger partial charge on any atom is -0.463 e. The van der Waals surface area contributed by atoms with Crippen molar-refractivity contribution in [3.8, 4) is 0 Å². The van der Waals surface area contributed by atoms with Gasteiger partial charge in [0.1, 0.15) is 24.8 Å². The van der Waals surface area contributed by atoms with Crippen LogP contribution in [0.15, 0.2) is 0 Å². The predicted molar refractivity (Wildman–Crippen MR) is 174 cm³/mol. The lowest BCUT2D eigenvalue weighted by atomic mass is 9.86. The van der Waals surface area contributed by atoms with E-state index in [9.17, 15) is 34.2 Å². The summed E-state index contributed by atoms with van der Waals surface area (Å²) in [6.45, 7) is 10.8. The number of aliphatic hydroxyl groups is 2. The summed E-state index contributed by atoms with van der Waals surface area (Å²) in [6.07, 6.45) is 9.49. The number of esters is 2. The quantitative estimate of drug-likeness (QED) is 0.123. The van der Waals surface area contributed by atoms with Crippen LogP contribution in [0, 0.1) is 17.8 Å². The number of carbonyl (C=O) groups excluding carboxylic acids is 5. The number of aliphatic hydroxyl groups excluding tert-OH is 2. The van der Waals surface area contributed by atoms with Gasteiger partial charge in [0.2, 0.25) is 17.7 Å². The van der Waals surface area contributed by atoms with Gasteiger partial charge in [-0.05, 0) is 25.7 Å². The smallest absolute Gasteiger partial charge is 0.332 e. The van der Waals surface area contributed by atoms with E-state index in [2.05, 4.69) is 22.9 Å². The molecule has 0 spiro atoms. The molecule has 1 fully saturated rings. The van der Waals surface area contributed by atoms with E-state index in [-0.39, 0.29) is 0 Å². The maximum atomic E-state index is 13.5. The second-order valence-corrected chi connectivity index (χ2v) is 13.3. The summed E-state index contributed by atoms with van der Waals surface area (Å²) in [7, 11) is 0. The average molecular weight is 656 g/mol. The molecule has 1 aliphatic rings. The van der Waals surface area contributed by atoms with Gasteiger partial charge in [0, 0.05) is 12.8 Å². The van der Waals surface area contributed by atoms with E-state index < -0.39 is 90.5 Å². The molecule has 4 unspecified atom stereocenters. The van der Waals surface area contributed by atoms with Crippen molar-refractivity contribution < 1.29 is 43.7 Å². The summed E-state index contributed by atoms with van der Waals surface area (Å²) in [5.74, 6) is -5.81.